The Hall–Kier alpha value is -2.61. The average Bonchev–Trinajstić information content (AvgIpc) is 3.19. The number of halogens is 3. The molecule has 13 heteroatoms. The molecule has 2 heterocycles. The highest BCUT2D eigenvalue weighted by molar-refractivity contribution is 7.89. The predicted octanol–water partition coefficient (Wildman–Crippen LogP) is 3.31. The summed E-state index contributed by atoms with van der Waals surface area (Å²) in [6.45, 7) is 2.57. The number of hydrogen-bond acceptors (Lipinski definition) is 8. The van der Waals surface area contributed by atoms with Gasteiger partial charge >= 0.3 is 6.18 Å². The molecule has 0 bridgehead atoms. The first-order valence-electron chi connectivity index (χ1n) is 9.42. The lowest BCUT2D eigenvalue weighted by Gasteiger charge is -2.10. The molecule has 3 rings (SSSR count). The standard InChI is InChI=1S/C19H21F3N6O2S2/c1-12-7-13(15-10-26-17(31-15)11-24-5-6-32(29,30)23-2)9-14(8-12)27-18-25-4-3-16(28-18)19(20,21)22/h3-4,7-10,23-24H,5-6,11H2,1-2H3,(H,25,27,28). The average molecular weight is 487 g/mol. The number of rotatable bonds is 9. The van der Waals surface area contributed by atoms with Crippen molar-refractivity contribution in [2.45, 2.75) is 19.6 Å². The minimum absolute atomic E-state index is 0.0355. The van der Waals surface area contributed by atoms with Gasteiger partial charge in [0.2, 0.25) is 16.0 Å². The van der Waals surface area contributed by atoms with E-state index in [9.17, 15) is 21.6 Å². The molecule has 32 heavy (non-hydrogen) atoms. The van der Waals surface area contributed by atoms with Gasteiger partial charge in [0.25, 0.3) is 0 Å². The van der Waals surface area contributed by atoms with Crippen molar-refractivity contribution in [1.29, 1.82) is 0 Å². The third kappa shape index (κ3) is 6.69. The number of aromatic nitrogens is 3. The van der Waals surface area contributed by atoms with Gasteiger partial charge < -0.3 is 10.6 Å². The molecule has 0 aliphatic rings. The molecular weight excluding hydrogens is 465 g/mol. The van der Waals surface area contributed by atoms with Crippen LogP contribution in [-0.4, -0.2) is 42.7 Å². The van der Waals surface area contributed by atoms with Gasteiger partial charge in [0.15, 0.2) is 0 Å². The van der Waals surface area contributed by atoms with E-state index in [4.69, 9.17) is 0 Å². The Morgan fingerprint density at radius 2 is 1.94 bits per heavy atom. The van der Waals surface area contributed by atoms with Crippen LogP contribution in [0.3, 0.4) is 0 Å². The van der Waals surface area contributed by atoms with E-state index in [1.54, 1.807) is 18.3 Å². The van der Waals surface area contributed by atoms with Gasteiger partial charge in [-0.25, -0.2) is 28.1 Å². The highest BCUT2D eigenvalue weighted by Gasteiger charge is 2.32. The van der Waals surface area contributed by atoms with Gasteiger partial charge in [0.05, 0.1) is 10.6 Å². The van der Waals surface area contributed by atoms with Crippen LogP contribution in [0.4, 0.5) is 24.8 Å². The zero-order valence-corrected chi connectivity index (χ0v) is 18.8. The van der Waals surface area contributed by atoms with E-state index in [2.05, 4.69) is 30.3 Å². The van der Waals surface area contributed by atoms with E-state index in [0.717, 1.165) is 33.3 Å². The summed E-state index contributed by atoms with van der Waals surface area (Å²) < 4.78 is 63.8. The number of alkyl halides is 3. The molecule has 0 spiro atoms. The molecule has 0 saturated heterocycles. The third-order valence-electron chi connectivity index (χ3n) is 4.25. The monoisotopic (exact) mass is 486 g/mol. The molecule has 0 unspecified atom stereocenters. The van der Waals surface area contributed by atoms with E-state index < -0.39 is 21.9 Å². The molecule has 1 aromatic carbocycles. The molecule has 0 amide bonds. The van der Waals surface area contributed by atoms with Crippen LogP contribution in [0.5, 0.6) is 0 Å². The smallest absolute Gasteiger partial charge is 0.324 e. The molecule has 3 N–H and O–H groups in total. The van der Waals surface area contributed by atoms with Crippen molar-refractivity contribution in [1.82, 2.24) is 25.0 Å². The Kier molecular flexibility index (Phi) is 7.44. The van der Waals surface area contributed by atoms with Crippen LogP contribution in [0.25, 0.3) is 10.4 Å². The first-order valence-corrected chi connectivity index (χ1v) is 11.9. The van der Waals surface area contributed by atoms with Gasteiger partial charge in [-0.15, -0.1) is 11.3 Å². The number of aryl methyl sites for hydroxylation is 1. The van der Waals surface area contributed by atoms with Gasteiger partial charge in [-0.1, -0.05) is 6.07 Å². The van der Waals surface area contributed by atoms with Crippen molar-refractivity contribution in [2.75, 3.05) is 24.7 Å². The summed E-state index contributed by atoms with van der Waals surface area (Å²) >= 11 is 1.43. The van der Waals surface area contributed by atoms with E-state index in [0.29, 0.717) is 12.2 Å². The van der Waals surface area contributed by atoms with Gasteiger partial charge in [0, 0.05) is 31.2 Å². The second-order valence-corrected chi connectivity index (χ2v) is 9.96. The molecule has 0 radical (unpaired) electrons. The lowest BCUT2D eigenvalue weighted by atomic mass is 10.1. The van der Waals surface area contributed by atoms with E-state index >= 15 is 0 Å². The van der Waals surface area contributed by atoms with Gasteiger partial charge in [-0.3, -0.25) is 0 Å². The fourth-order valence-corrected chi connectivity index (χ4v) is 4.22. The van der Waals surface area contributed by atoms with Crippen molar-refractivity contribution >= 4 is 33.0 Å². The second kappa shape index (κ2) is 9.90. The summed E-state index contributed by atoms with van der Waals surface area (Å²) in [5, 5.41) is 6.64. The van der Waals surface area contributed by atoms with Crippen molar-refractivity contribution in [3.63, 3.8) is 0 Å². The van der Waals surface area contributed by atoms with Crippen LogP contribution in [0, 0.1) is 6.92 Å². The zero-order chi connectivity index (χ0) is 23.4. The van der Waals surface area contributed by atoms with E-state index in [1.807, 2.05) is 13.0 Å². The normalized spacial score (nSPS) is 12.2. The predicted molar refractivity (Wildman–Crippen MR) is 117 cm³/mol. The largest absolute Gasteiger partial charge is 0.433 e. The zero-order valence-electron chi connectivity index (χ0n) is 17.2. The summed E-state index contributed by atoms with van der Waals surface area (Å²) in [7, 11) is -1.90. The summed E-state index contributed by atoms with van der Waals surface area (Å²) in [4.78, 5) is 12.6. The van der Waals surface area contributed by atoms with E-state index in [-0.39, 0.29) is 18.2 Å². The van der Waals surface area contributed by atoms with Gasteiger partial charge in [0.1, 0.15) is 10.7 Å². The molecule has 0 aliphatic carbocycles. The number of nitrogens with zero attached hydrogens (tertiary/aromatic N) is 3. The minimum atomic E-state index is -4.55. The number of anilines is 2. The lowest BCUT2D eigenvalue weighted by molar-refractivity contribution is -0.141. The van der Waals surface area contributed by atoms with Crippen LogP contribution in [0.15, 0.2) is 36.7 Å². The van der Waals surface area contributed by atoms with Gasteiger partial charge in [-0.2, -0.15) is 13.2 Å². The molecule has 172 valence electrons. The van der Waals surface area contributed by atoms with Crippen LogP contribution in [0.1, 0.15) is 16.3 Å². The molecule has 2 aromatic heterocycles. The molecule has 8 nitrogen and oxygen atoms in total. The molecule has 3 aromatic rings. The number of thiazole rings is 1. The molecule has 0 saturated carbocycles. The fourth-order valence-electron chi connectivity index (χ4n) is 2.73. The topological polar surface area (TPSA) is 109 Å². The minimum Gasteiger partial charge on any atom is -0.324 e. The Morgan fingerprint density at radius 3 is 2.66 bits per heavy atom. The maximum Gasteiger partial charge on any atom is 0.433 e. The van der Waals surface area contributed by atoms with E-state index in [1.165, 1.54) is 18.4 Å². The SMILES string of the molecule is CNS(=O)(=O)CCNCc1ncc(-c2cc(C)cc(Nc3nccc(C(F)(F)F)n3)c2)s1. The van der Waals surface area contributed by atoms with Crippen molar-refractivity contribution in [3.8, 4) is 10.4 Å². The maximum atomic E-state index is 12.9. The van der Waals surface area contributed by atoms with Crippen LogP contribution in [0.2, 0.25) is 0 Å². The number of benzene rings is 1. The highest BCUT2D eigenvalue weighted by atomic mass is 32.2. The molecule has 0 fully saturated rings. The van der Waals surface area contributed by atoms with Gasteiger partial charge in [-0.05, 0) is 43.3 Å². The quantitative estimate of drug-likeness (QED) is 0.398. The summed E-state index contributed by atoms with van der Waals surface area (Å²) in [5.74, 6) is -0.186. The first kappa shape index (κ1) is 24.0. The second-order valence-electron chi connectivity index (χ2n) is 6.79. The third-order valence-corrected chi connectivity index (χ3v) is 6.66. The van der Waals surface area contributed by atoms with Crippen molar-refractivity contribution < 1.29 is 21.6 Å². The van der Waals surface area contributed by atoms with Crippen LogP contribution < -0.4 is 15.4 Å². The summed E-state index contributed by atoms with van der Waals surface area (Å²) in [6.07, 6.45) is -1.80. The number of hydrogen-bond donors (Lipinski definition) is 3. The molecule has 0 atom stereocenters. The van der Waals surface area contributed by atoms with Crippen LogP contribution >= 0.6 is 11.3 Å². The number of sulfonamides is 1. The Balaban J connectivity index is 1.70. The molecule has 0 aliphatic heterocycles. The molecular formula is C19H21F3N6O2S2. The number of nitrogens with one attached hydrogen (secondary N) is 3. The first-order chi connectivity index (χ1) is 15.1. The summed E-state index contributed by atoms with van der Waals surface area (Å²) in [5.41, 5.74) is 1.25. The van der Waals surface area contributed by atoms with Crippen LogP contribution in [-0.2, 0) is 22.7 Å². The maximum absolute atomic E-state index is 12.9. The summed E-state index contributed by atoms with van der Waals surface area (Å²) in [6, 6.07) is 6.30. The lowest BCUT2D eigenvalue weighted by Crippen LogP contribution is -2.29. The fraction of sp³-hybridized carbons (Fsp3) is 0.316. The Morgan fingerprint density at radius 1 is 1.16 bits per heavy atom. The van der Waals surface area contributed by atoms with Crippen molar-refractivity contribution in [3.05, 3.63) is 52.9 Å². The van der Waals surface area contributed by atoms with Crippen molar-refractivity contribution in [2.24, 2.45) is 0 Å². The Bertz CT molecular complexity index is 1180. The highest BCUT2D eigenvalue weighted by Crippen LogP contribution is 2.31. The Labute approximate surface area is 187 Å².